The molecule has 0 aliphatic heterocycles. The number of rotatable bonds is 10. The molecule has 0 radical (unpaired) electrons. The van der Waals surface area contributed by atoms with Gasteiger partial charge in [0.25, 0.3) is 0 Å². The zero-order chi connectivity index (χ0) is 25.6. The summed E-state index contributed by atoms with van der Waals surface area (Å²) in [5, 5.41) is 10.3. The zero-order valence-electron chi connectivity index (χ0n) is 21.7. The van der Waals surface area contributed by atoms with Gasteiger partial charge in [0.1, 0.15) is 5.82 Å². The Morgan fingerprint density at radius 2 is 1.66 bits per heavy atom. The number of hydrogen-bond acceptors (Lipinski definition) is 3. The van der Waals surface area contributed by atoms with E-state index >= 15 is 0 Å². The fourth-order valence-electron chi connectivity index (χ4n) is 4.66. The molecule has 1 aromatic heterocycles. The SMILES string of the molecule is CC(C)CC(N)CCN(C(=O)O)[C@@H](c1nc(-c2ccccc2)cn1Cc1ccccc1)C(C)(C)C. The van der Waals surface area contributed by atoms with E-state index in [2.05, 4.69) is 51.3 Å². The van der Waals surface area contributed by atoms with Gasteiger partial charge in [0.15, 0.2) is 0 Å². The van der Waals surface area contributed by atoms with Crippen molar-refractivity contribution in [3.8, 4) is 11.3 Å². The molecule has 0 aliphatic carbocycles. The number of carbonyl (C=O) groups is 1. The van der Waals surface area contributed by atoms with Crippen molar-refractivity contribution in [2.24, 2.45) is 17.1 Å². The van der Waals surface area contributed by atoms with Gasteiger partial charge in [-0.1, -0.05) is 95.3 Å². The molecule has 2 atom stereocenters. The van der Waals surface area contributed by atoms with Crippen LogP contribution in [0.15, 0.2) is 66.9 Å². The predicted octanol–water partition coefficient (Wildman–Crippen LogP) is 6.43. The first-order valence-electron chi connectivity index (χ1n) is 12.5. The number of aromatic nitrogens is 2. The number of amides is 1. The summed E-state index contributed by atoms with van der Waals surface area (Å²) in [6, 6.07) is 19.8. The van der Waals surface area contributed by atoms with E-state index in [1.165, 1.54) is 0 Å². The van der Waals surface area contributed by atoms with Crippen LogP contribution in [0.5, 0.6) is 0 Å². The zero-order valence-corrected chi connectivity index (χ0v) is 21.7. The summed E-state index contributed by atoms with van der Waals surface area (Å²) in [7, 11) is 0. The molecule has 35 heavy (non-hydrogen) atoms. The van der Waals surface area contributed by atoms with Crippen molar-refractivity contribution >= 4 is 6.09 Å². The van der Waals surface area contributed by atoms with Crippen molar-refractivity contribution in [2.45, 2.75) is 66.1 Å². The summed E-state index contributed by atoms with van der Waals surface area (Å²) < 4.78 is 2.11. The third-order valence-electron chi connectivity index (χ3n) is 6.21. The van der Waals surface area contributed by atoms with E-state index in [-0.39, 0.29) is 11.5 Å². The molecule has 3 rings (SSSR count). The van der Waals surface area contributed by atoms with Crippen LogP contribution >= 0.6 is 0 Å². The van der Waals surface area contributed by atoms with Gasteiger partial charge in [-0.05, 0) is 29.7 Å². The second-order valence-corrected chi connectivity index (χ2v) is 10.9. The summed E-state index contributed by atoms with van der Waals surface area (Å²) in [4.78, 5) is 19.2. The molecule has 2 aromatic carbocycles. The second kappa shape index (κ2) is 11.5. The van der Waals surface area contributed by atoms with Crippen LogP contribution in [0.1, 0.15) is 64.9 Å². The highest BCUT2D eigenvalue weighted by Gasteiger charge is 2.38. The minimum absolute atomic E-state index is 0.0404. The molecule has 0 fully saturated rings. The number of nitrogens with two attached hydrogens (primary N) is 1. The molecule has 1 amide bonds. The van der Waals surface area contributed by atoms with Crippen LogP contribution in [0.25, 0.3) is 11.3 Å². The number of imidazole rings is 1. The Kier molecular flexibility index (Phi) is 8.73. The van der Waals surface area contributed by atoms with Crippen molar-refractivity contribution in [1.29, 1.82) is 0 Å². The quantitative estimate of drug-likeness (QED) is 0.353. The maximum Gasteiger partial charge on any atom is 0.407 e. The van der Waals surface area contributed by atoms with Crippen molar-refractivity contribution in [3.63, 3.8) is 0 Å². The van der Waals surface area contributed by atoms with Crippen LogP contribution in [0.3, 0.4) is 0 Å². The van der Waals surface area contributed by atoms with E-state index in [0.717, 1.165) is 29.1 Å². The molecule has 0 saturated heterocycles. The van der Waals surface area contributed by atoms with E-state index < -0.39 is 12.1 Å². The molecule has 0 bridgehead atoms. The Hall–Kier alpha value is -3.12. The molecule has 0 aliphatic rings. The Labute approximate surface area is 209 Å². The lowest BCUT2D eigenvalue weighted by Crippen LogP contribution is -2.43. The van der Waals surface area contributed by atoms with Gasteiger partial charge in [0, 0.05) is 30.9 Å². The molecule has 3 aromatic rings. The highest BCUT2D eigenvalue weighted by Crippen LogP contribution is 2.39. The summed E-state index contributed by atoms with van der Waals surface area (Å²) in [6.07, 6.45) is 2.58. The van der Waals surface area contributed by atoms with Gasteiger partial charge < -0.3 is 15.4 Å². The third-order valence-corrected chi connectivity index (χ3v) is 6.21. The first kappa shape index (κ1) is 26.5. The normalized spacial score (nSPS) is 13.6. The summed E-state index contributed by atoms with van der Waals surface area (Å²) in [5.41, 5.74) is 8.95. The molecular formula is C29H40N4O2. The van der Waals surface area contributed by atoms with Crippen LogP contribution in [-0.2, 0) is 6.54 Å². The molecule has 188 valence electrons. The molecule has 6 nitrogen and oxygen atoms in total. The monoisotopic (exact) mass is 476 g/mol. The smallest absolute Gasteiger partial charge is 0.407 e. The standard InChI is InChI=1S/C29H40N4O2/c1-21(2)18-24(30)16-17-33(28(34)35)26(29(3,4)5)27-31-25(23-14-10-7-11-15-23)20-32(27)19-22-12-8-6-9-13-22/h6-15,20-21,24,26H,16-19,30H2,1-5H3,(H,34,35)/t24?,26-/m0/s1. The molecule has 1 heterocycles. The summed E-state index contributed by atoms with van der Waals surface area (Å²) >= 11 is 0. The van der Waals surface area contributed by atoms with Gasteiger partial charge in [0.2, 0.25) is 0 Å². The average molecular weight is 477 g/mol. The second-order valence-electron chi connectivity index (χ2n) is 10.9. The number of benzene rings is 2. The number of hydrogen-bond donors (Lipinski definition) is 2. The maximum absolute atomic E-state index is 12.6. The average Bonchev–Trinajstić information content (AvgIpc) is 3.19. The first-order chi connectivity index (χ1) is 16.6. The van der Waals surface area contributed by atoms with Gasteiger partial charge in [-0.15, -0.1) is 0 Å². The summed E-state index contributed by atoms with van der Waals surface area (Å²) in [6.45, 7) is 11.5. The minimum atomic E-state index is -0.947. The Balaban J connectivity index is 2.05. The highest BCUT2D eigenvalue weighted by molar-refractivity contribution is 5.66. The Morgan fingerprint density at radius 1 is 1.06 bits per heavy atom. The van der Waals surface area contributed by atoms with E-state index in [4.69, 9.17) is 10.7 Å². The van der Waals surface area contributed by atoms with Gasteiger partial charge in [0.05, 0.1) is 11.7 Å². The van der Waals surface area contributed by atoms with Gasteiger partial charge >= 0.3 is 6.09 Å². The molecule has 0 spiro atoms. The largest absolute Gasteiger partial charge is 0.465 e. The van der Waals surface area contributed by atoms with Crippen molar-refractivity contribution in [3.05, 3.63) is 78.2 Å². The van der Waals surface area contributed by atoms with E-state index in [0.29, 0.717) is 25.4 Å². The number of nitrogens with zero attached hydrogens (tertiary/aromatic N) is 3. The minimum Gasteiger partial charge on any atom is -0.465 e. The van der Waals surface area contributed by atoms with Crippen LogP contribution in [0.2, 0.25) is 0 Å². The van der Waals surface area contributed by atoms with Crippen molar-refractivity contribution in [2.75, 3.05) is 6.54 Å². The number of carboxylic acid groups (broad SMARTS) is 1. The predicted molar refractivity (Wildman–Crippen MR) is 142 cm³/mol. The van der Waals surface area contributed by atoms with Crippen LogP contribution in [-0.4, -0.2) is 38.2 Å². The lowest BCUT2D eigenvalue weighted by Gasteiger charge is -2.38. The first-order valence-corrected chi connectivity index (χ1v) is 12.5. The van der Waals surface area contributed by atoms with Crippen molar-refractivity contribution < 1.29 is 9.90 Å². The topological polar surface area (TPSA) is 84.4 Å². The molecule has 1 unspecified atom stereocenters. The van der Waals surface area contributed by atoms with E-state index in [9.17, 15) is 9.90 Å². The van der Waals surface area contributed by atoms with Crippen LogP contribution in [0, 0.1) is 11.3 Å². The third kappa shape index (κ3) is 7.18. The highest BCUT2D eigenvalue weighted by atomic mass is 16.4. The van der Waals surface area contributed by atoms with Crippen LogP contribution in [0.4, 0.5) is 4.79 Å². The van der Waals surface area contributed by atoms with Gasteiger partial charge in [-0.3, -0.25) is 4.90 Å². The molecule has 0 saturated carbocycles. The summed E-state index contributed by atoms with van der Waals surface area (Å²) in [5.74, 6) is 1.22. The Morgan fingerprint density at radius 3 is 2.20 bits per heavy atom. The van der Waals surface area contributed by atoms with Gasteiger partial charge in [-0.2, -0.15) is 0 Å². The van der Waals surface area contributed by atoms with Gasteiger partial charge in [-0.25, -0.2) is 9.78 Å². The molecule has 6 heteroatoms. The van der Waals surface area contributed by atoms with Crippen molar-refractivity contribution in [1.82, 2.24) is 14.5 Å². The molecular weight excluding hydrogens is 436 g/mol. The van der Waals surface area contributed by atoms with E-state index in [1.54, 1.807) is 4.90 Å². The fourth-order valence-corrected chi connectivity index (χ4v) is 4.66. The maximum atomic E-state index is 12.6. The van der Waals surface area contributed by atoms with E-state index in [1.807, 2.05) is 54.7 Å². The van der Waals surface area contributed by atoms with Crippen LogP contribution < -0.4 is 5.73 Å². The lowest BCUT2D eigenvalue weighted by atomic mass is 9.84. The fraction of sp³-hybridized carbons (Fsp3) is 0.448. The lowest BCUT2D eigenvalue weighted by molar-refractivity contribution is 0.0735. The molecule has 3 N–H and O–H groups in total. The Bertz CT molecular complexity index is 1070.